The molecule has 1 aliphatic heterocycles. The summed E-state index contributed by atoms with van der Waals surface area (Å²) in [6.45, 7) is 2.79. The first kappa shape index (κ1) is 21.6. The van der Waals surface area contributed by atoms with Crippen LogP contribution in [0.1, 0.15) is 23.2 Å². The minimum atomic E-state index is -0.0121. The second-order valence-electron chi connectivity index (χ2n) is 6.47. The molecule has 27 heavy (non-hydrogen) atoms. The molecule has 1 amide bonds. The van der Waals surface area contributed by atoms with Gasteiger partial charge in [-0.25, -0.2) is 4.98 Å². The van der Waals surface area contributed by atoms with E-state index in [0.29, 0.717) is 11.5 Å². The molecule has 4 nitrogen and oxygen atoms in total. The summed E-state index contributed by atoms with van der Waals surface area (Å²) in [5.41, 5.74) is 2.42. The van der Waals surface area contributed by atoms with Gasteiger partial charge >= 0.3 is 0 Å². The van der Waals surface area contributed by atoms with Crippen LogP contribution in [0.2, 0.25) is 0 Å². The fraction of sp³-hybridized carbons (Fsp3) is 0.300. The van der Waals surface area contributed by atoms with Crippen LogP contribution in [0.15, 0.2) is 47.8 Å². The quantitative estimate of drug-likeness (QED) is 0.647. The molecule has 4 rings (SSSR count). The number of carbonyl (C=O) groups is 1. The van der Waals surface area contributed by atoms with Crippen LogP contribution in [-0.2, 0) is 0 Å². The highest BCUT2D eigenvalue weighted by Gasteiger charge is 2.17. The van der Waals surface area contributed by atoms with Gasteiger partial charge in [-0.1, -0.05) is 24.3 Å². The zero-order valence-electron chi connectivity index (χ0n) is 14.8. The molecule has 1 unspecified atom stereocenters. The third-order valence-corrected chi connectivity index (χ3v) is 5.58. The van der Waals surface area contributed by atoms with Gasteiger partial charge < -0.3 is 10.6 Å². The van der Waals surface area contributed by atoms with Crippen LogP contribution in [0.25, 0.3) is 21.5 Å². The van der Waals surface area contributed by atoms with Crippen molar-refractivity contribution in [1.82, 2.24) is 15.6 Å². The molecule has 0 bridgehead atoms. The lowest BCUT2D eigenvalue weighted by Crippen LogP contribution is -2.38. The number of amides is 1. The number of rotatable bonds is 4. The van der Waals surface area contributed by atoms with Gasteiger partial charge in [0.1, 0.15) is 0 Å². The highest BCUT2D eigenvalue weighted by atomic mass is 35.5. The van der Waals surface area contributed by atoms with Gasteiger partial charge in [0.25, 0.3) is 5.91 Å². The van der Waals surface area contributed by atoms with E-state index < -0.39 is 0 Å². The molecule has 0 radical (unpaired) electrons. The molecule has 7 heteroatoms. The molecule has 2 aromatic heterocycles. The van der Waals surface area contributed by atoms with Gasteiger partial charge in [-0.2, -0.15) is 0 Å². The van der Waals surface area contributed by atoms with Crippen molar-refractivity contribution in [2.45, 2.75) is 12.8 Å². The van der Waals surface area contributed by atoms with E-state index in [0.717, 1.165) is 41.1 Å². The van der Waals surface area contributed by atoms with Crippen LogP contribution in [0.3, 0.4) is 0 Å². The van der Waals surface area contributed by atoms with Gasteiger partial charge in [0.05, 0.1) is 21.7 Å². The number of nitrogens with one attached hydrogen (secondary N) is 2. The van der Waals surface area contributed by atoms with Gasteiger partial charge in [-0.3, -0.25) is 4.79 Å². The van der Waals surface area contributed by atoms with Crippen LogP contribution in [0.4, 0.5) is 0 Å². The molecule has 0 aliphatic carbocycles. The van der Waals surface area contributed by atoms with E-state index in [4.69, 9.17) is 4.98 Å². The molecule has 1 aliphatic rings. The number of thiophene rings is 1. The summed E-state index contributed by atoms with van der Waals surface area (Å²) in [6, 6.07) is 13.8. The fourth-order valence-corrected chi connectivity index (χ4v) is 4.03. The second kappa shape index (κ2) is 10.0. The Hall–Kier alpha value is -1.66. The van der Waals surface area contributed by atoms with Crippen LogP contribution >= 0.6 is 36.2 Å². The molecule has 3 heterocycles. The van der Waals surface area contributed by atoms with Gasteiger partial charge in [0.15, 0.2) is 0 Å². The molecule has 2 N–H and O–H groups in total. The number of hydrogen-bond donors (Lipinski definition) is 2. The lowest BCUT2D eigenvalue weighted by molar-refractivity contribution is 0.0946. The molecular weight excluding hydrogens is 401 g/mol. The first-order valence-electron chi connectivity index (χ1n) is 8.74. The zero-order chi connectivity index (χ0) is 17.1. The molecule has 144 valence electrons. The van der Waals surface area contributed by atoms with Crippen molar-refractivity contribution in [3.8, 4) is 10.6 Å². The molecule has 1 fully saturated rings. The van der Waals surface area contributed by atoms with E-state index in [-0.39, 0.29) is 30.7 Å². The van der Waals surface area contributed by atoms with Gasteiger partial charge in [-0.05, 0) is 55.4 Å². The van der Waals surface area contributed by atoms with E-state index in [1.165, 1.54) is 12.8 Å². The minimum Gasteiger partial charge on any atom is -0.352 e. The maximum Gasteiger partial charge on any atom is 0.252 e. The van der Waals surface area contributed by atoms with Crippen molar-refractivity contribution >= 4 is 53.0 Å². The van der Waals surface area contributed by atoms with Gasteiger partial charge in [0.2, 0.25) is 0 Å². The predicted molar refractivity (Wildman–Crippen MR) is 117 cm³/mol. The fourth-order valence-electron chi connectivity index (χ4n) is 3.34. The summed E-state index contributed by atoms with van der Waals surface area (Å²) in [6.07, 6.45) is 2.35. The topological polar surface area (TPSA) is 54.0 Å². The molecule has 0 saturated carbocycles. The van der Waals surface area contributed by atoms with Gasteiger partial charge in [0, 0.05) is 11.9 Å². The third kappa shape index (κ3) is 4.99. The van der Waals surface area contributed by atoms with Crippen molar-refractivity contribution in [3.63, 3.8) is 0 Å². The van der Waals surface area contributed by atoms with Crippen LogP contribution in [-0.4, -0.2) is 30.5 Å². The number of piperidine rings is 1. The summed E-state index contributed by atoms with van der Waals surface area (Å²) in [7, 11) is 0. The van der Waals surface area contributed by atoms with Crippen molar-refractivity contribution < 1.29 is 4.79 Å². The van der Waals surface area contributed by atoms with Crippen molar-refractivity contribution in [2.75, 3.05) is 19.6 Å². The number of nitrogens with zero attached hydrogens (tertiary/aromatic N) is 1. The second-order valence-corrected chi connectivity index (χ2v) is 7.42. The number of pyridine rings is 1. The smallest absolute Gasteiger partial charge is 0.252 e. The Morgan fingerprint density at radius 2 is 2.07 bits per heavy atom. The first-order chi connectivity index (χ1) is 12.3. The maximum atomic E-state index is 12.9. The SMILES string of the molecule is Cl.Cl.O=C(NCC1CCCNC1)c1cc(-c2cccs2)nc2ccccc12. The summed E-state index contributed by atoms with van der Waals surface area (Å²) in [4.78, 5) is 18.7. The summed E-state index contributed by atoms with van der Waals surface area (Å²) >= 11 is 1.64. The van der Waals surface area contributed by atoms with E-state index in [2.05, 4.69) is 10.6 Å². The van der Waals surface area contributed by atoms with Crippen molar-refractivity contribution in [1.29, 1.82) is 0 Å². The molecule has 0 spiro atoms. The molecule has 1 aromatic carbocycles. The first-order valence-corrected chi connectivity index (χ1v) is 9.62. The monoisotopic (exact) mass is 423 g/mol. The Morgan fingerprint density at radius 3 is 2.81 bits per heavy atom. The third-order valence-electron chi connectivity index (χ3n) is 4.68. The van der Waals surface area contributed by atoms with E-state index in [1.54, 1.807) is 11.3 Å². The average molecular weight is 424 g/mol. The van der Waals surface area contributed by atoms with Crippen LogP contribution in [0, 0.1) is 5.92 Å². The number of hydrogen-bond acceptors (Lipinski definition) is 4. The molecule has 1 atom stereocenters. The standard InChI is InChI=1S/C20H21N3OS.2ClH/c24-20(22-13-14-5-3-9-21-12-14)16-11-18(19-8-4-10-25-19)23-17-7-2-1-6-15(16)17;;/h1-2,4,6-8,10-11,14,21H,3,5,9,12-13H2,(H,22,24);2*1H. The lowest BCUT2D eigenvalue weighted by atomic mass is 9.99. The average Bonchev–Trinajstić information content (AvgIpc) is 3.21. The highest BCUT2D eigenvalue weighted by Crippen LogP contribution is 2.27. The van der Waals surface area contributed by atoms with Crippen molar-refractivity contribution in [2.24, 2.45) is 5.92 Å². The van der Waals surface area contributed by atoms with Gasteiger partial charge in [-0.15, -0.1) is 36.2 Å². The lowest BCUT2D eigenvalue weighted by Gasteiger charge is -2.23. The number of halogens is 2. The van der Waals surface area contributed by atoms with E-state index in [9.17, 15) is 4.79 Å². The summed E-state index contributed by atoms with van der Waals surface area (Å²) < 4.78 is 0. The Kier molecular flexibility index (Phi) is 8.05. The highest BCUT2D eigenvalue weighted by molar-refractivity contribution is 7.13. The summed E-state index contributed by atoms with van der Waals surface area (Å²) in [5, 5.41) is 9.46. The maximum absolute atomic E-state index is 12.9. The number of aromatic nitrogens is 1. The Balaban J connectivity index is 0.00000131. The largest absolute Gasteiger partial charge is 0.352 e. The Bertz CT molecular complexity index is 880. The predicted octanol–water partition coefficient (Wildman–Crippen LogP) is 4.54. The zero-order valence-corrected chi connectivity index (χ0v) is 17.3. The van der Waals surface area contributed by atoms with E-state index in [1.807, 2.05) is 47.8 Å². The number of benzene rings is 1. The number of para-hydroxylation sites is 1. The number of carbonyl (C=O) groups excluding carboxylic acids is 1. The minimum absolute atomic E-state index is 0. The van der Waals surface area contributed by atoms with Crippen molar-refractivity contribution in [3.05, 3.63) is 53.4 Å². The summed E-state index contributed by atoms with van der Waals surface area (Å²) in [5.74, 6) is 0.504. The normalized spacial score (nSPS) is 16.2. The molecule has 1 saturated heterocycles. The van der Waals surface area contributed by atoms with Crippen LogP contribution in [0.5, 0.6) is 0 Å². The van der Waals surface area contributed by atoms with Crippen LogP contribution < -0.4 is 10.6 Å². The Labute approximate surface area is 175 Å². The Morgan fingerprint density at radius 1 is 1.22 bits per heavy atom. The number of fused-ring (bicyclic) bond motifs is 1. The van der Waals surface area contributed by atoms with E-state index >= 15 is 0 Å². The molecular formula is C20H23Cl2N3OS. The molecule has 3 aromatic rings.